The number of benzene rings is 2. The molecule has 8 heteroatoms. The number of ether oxygens (including phenoxy) is 1. The second-order valence-corrected chi connectivity index (χ2v) is 11.4. The topological polar surface area (TPSA) is 65.1 Å². The van der Waals surface area contributed by atoms with Crippen LogP contribution in [0.25, 0.3) is 0 Å². The van der Waals surface area contributed by atoms with Crippen molar-refractivity contribution in [3.8, 4) is 5.75 Å². The summed E-state index contributed by atoms with van der Waals surface area (Å²) >= 11 is 0. The summed E-state index contributed by atoms with van der Waals surface area (Å²) < 4.78 is 46.5. The summed E-state index contributed by atoms with van der Waals surface area (Å²) in [6, 6.07) is 12.8. The van der Waals surface area contributed by atoms with Crippen molar-refractivity contribution < 1.29 is 22.5 Å². The van der Waals surface area contributed by atoms with Gasteiger partial charge in [0.05, 0.1) is 17.7 Å². The molecule has 1 fully saturated rings. The van der Waals surface area contributed by atoms with Gasteiger partial charge in [-0.15, -0.1) is 0 Å². The molecule has 0 saturated carbocycles. The van der Waals surface area contributed by atoms with Crippen LogP contribution in [0.1, 0.15) is 45.7 Å². The first-order valence-electron chi connectivity index (χ1n) is 10.6. The van der Waals surface area contributed by atoms with Crippen molar-refractivity contribution in [2.45, 2.75) is 70.3 Å². The SMILES string of the molecule is Cc1ccc(B2OC(C)(C)C(C)(C)O2)cc1CN1CC(C)Oc2ccccc2S1(=O)=O. The minimum atomic E-state index is -3.69. The molecule has 0 radical (unpaired) electrons. The lowest BCUT2D eigenvalue weighted by Gasteiger charge is -2.32. The maximum Gasteiger partial charge on any atom is 0.494 e. The molecule has 4 rings (SSSR count). The van der Waals surface area contributed by atoms with E-state index < -0.39 is 28.3 Å². The zero-order valence-corrected chi connectivity index (χ0v) is 19.8. The Hall–Kier alpha value is -1.87. The molecule has 0 N–H and O–H groups in total. The normalized spacial score (nSPS) is 24.3. The largest absolute Gasteiger partial charge is 0.494 e. The summed E-state index contributed by atoms with van der Waals surface area (Å²) in [6.45, 7) is 12.5. The van der Waals surface area contributed by atoms with Crippen LogP contribution in [-0.2, 0) is 25.9 Å². The van der Waals surface area contributed by atoms with Gasteiger partial charge in [0.1, 0.15) is 16.7 Å². The van der Waals surface area contributed by atoms with Gasteiger partial charge in [0.15, 0.2) is 0 Å². The molecular formula is C23H30BNO5S. The van der Waals surface area contributed by atoms with E-state index in [9.17, 15) is 8.42 Å². The average molecular weight is 443 g/mol. The Labute approximate surface area is 185 Å². The Balaban J connectivity index is 1.66. The Bertz CT molecular complexity index is 1080. The van der Waals surface area contributed by atoms with Gasteiger partial charge in [-0.05, 0) is 70.3 Å². The van der Waals surface area contributed by atoms with E-state index in [1.54, 1.807) is 24.3 Å². The lowest BCUT2D eigenvalue weighted by Crippen LogP contribution is -2.41. The van der Waals surface area contributed by atoms with Crippen molar-refractivity contribution in [1.29, 1.82) is 0 Å². The van der Waals surface area contributed by atoms with Crippen LogP contribution in [0, 0.1) is 6.92 Å². The number of sulfonamides is 1. The standard InChI is InChI=1S/C23H30BNO5S/c1-16-11-12-19(24-29-22(3,4)23(5,6)30-24)13-18(16)15-25-14-17(2)28-20-9-7-8-10-21(20)31(25,26)27/h7-13,17H,14-15H2,1-6H3. The van der Waals surface area contributed by atoms with Crippen molar-refractivity contribution in [3.63, 3.8) is 0 Å². The number of aryl methyl sites for hydroxylation is 1. The molecule has 166 valence electrons. The van der Waals surface area contributed by atoms with E-state index in [4.69, 9.17) is 14.0 Å². The van der Waals surface area contributed by atoms with E-state index in [2.05, 4.69) is 0 Å². The molecule has 1 atom stereocenters. The van der Waals surface area contributed by atoms with E-state index >= 15 is 0 Å². The van der Waals surface area contributed by atoms with Gasteiger partial charge in [0, 0.05) is 6.54 Å². The highest BCUT2D eigenvalue weighted by Gasteiger charge is 2.51. The van der Waals surface area contributed by atoms with Crippen LogP contribution in [0.5, 0.6) is 5.75 Å². The van der Waals surface area contributed by atoms with E-state index in [0.717, 1.165) is 16.6 Å². The molecular weight excluding hydrogens is 413 g/mol. The molecule has 2 aromatic rings. The molecule has 0 aliphatic carbocycles. The number of rotatable bonds is 3. The van der Waals surface area contributed by atoms with Gasteiger partial charge in [-0.2, -0.15) is 4.31 Å². The zero-order chi connectivity index (χ0) is 22.6. The van der Waals surface area contributed by atoms with Gasteiger partial charge < -0.3 is 14.0 Å². The molecule has 1 saturated heterocycles. The Kier molecular flexibility index (Phi) is 5.49. The first-order valence-corrected chi connectivity index (χ1v) is 12.1. The molecule has 0 bridgehead atoms. The third kappa shape index (κ3) is 4.02. The number of para-hydroxylation sites is 1. The van der Waals surface area contributed by atoms with Crippen LogP contribution in [0.15, 0.2) is 47.4 Å². The molecule has 2 aromatic carbocycles. The Morgan fingerprint density at radius 2 is 1.71 bits per heavy atom. The molecule has 0 spiro atoms. The van der Waals surface area contributed by atoms with Crippen LogP contribution in [0.3, 0.4) is 0 Å². The number of nitrogens with zero attached hydrogens (tertiary/aromatic N) is 1. The Morgan fingerprint density at radius 1 is 1.06 bits per heavy atom. The first-order chi connectivity index (χ1) is 14.4. The fourth-order valence-electron chi connectivity index (χ4n) is 3.87. The van der Waals surface area contributed by atoms with Crippen LogP contribution in [0.4, 0.5) is 0 Å². The number of hydrogen-bond donors (Lipinski definition) is 0. The second-order valence-electron chi connectivity index (χ2n) is 9.45. The maximum absolute atomic E-state index is 13.4. The smallest absolute Gasteiger partial charge is 0.488 e. The third-order valence-corrected chi connectivity index (χ3v) is 8.35. The summed E-state index contributed by atoms with van der Waals surface area (Å²) in [7, 11) is -4.18. The predicted molar refractivity (Wildman–Crippen MR) is 121 cm³/mol. The van der Waals surface area contributed by atoms with Gasteiger partial charge in [0.2, 0.25) is 10.0 Å². The molecule has 2 aliphatic heterocycles. The minimum absolute atomic E-state index is 0.208. The molecule has 1 unspecified atom stereocenters. The summed E-state index contributed by atoms with van der Waals surface area (Å²) in [6.07, 6.45) is -0.259. The third-order valence-electron chi connectivity index (χ3n) is 6.50. The van der Waals surface area contributed by atoms with Gasteiger partial charge in [0.25, 0.3) is 0 Å². The van der Waals surface area contributed by atoms with Crippen LogP contribution >= 0.6 is 0 Å². The quantitative estimate of drug-likeness (QED) is 0.682. The lowest BCUT2D eigenvalue weighted by molar-refractivity contribution is 0.00578. The van der Waals surface area contributed by atoms with Crippen LogP contribution in [0.2, 0.25) is 0 Å². The second kappa shape index (κ2) is 7.62. The summed E-state index contributed by atoms with van der Waals surface area (Å²) in [5.41, 5.74) is 1.95. The number of hydrogen-bond acceptors (Lipinski definition) is 5. The molecule has 6 nitrogen and oxygen atoms in total. The van der Waals surface area contributed by atoms with Crippen molar-refractivity contribution in [2.24, 2.45) is 0 Å². The van der Waals surface area contributed by atoms with Gasteiger partial charge in [-0.3, -0.25) is 0 Å². The van der Waals surface area contributed by atoms with Crippen LogP contribution in [-0.4, -0.2) is 43.7 Å². The molecule has 0 amide bonds. The van der Waals surface area contributed by atoms with Crippen molar-refractivity contribution >= 4 is 22.6 Å². The number of fused-ring (bicyclic) bond motifs is 1. The van der Waals surface area contributed by atoms with E-state index in [0.29, 0.717) is 5.75 Å². The van der Waals surface area contributed by atoms with Crippen molar-refractivity contribution in [3.05, 3.63) is 53.6 Å². The maximum atomic E-state index is 13.4. The average Bonchev–Trinajstić information content (AvgIpc) is 2.84. The summed E-state index contributed by atoms with van der Waals surface area (Å²) in [5, 5.41) is 0. The van der Waals surface area contributed by atoms with E-state index in [-0.39, 0.29) is 24.1 Å². The van der Waals surface area contributed by atoms with Crippen LogP contribution < -0.4 is 10.2 Å². The lowest BCUT2D eigenvalue weighted by atomic mass is 9.78. The fraction of sp³-hybridized carbons (Fsp3) is 0.478. The fourth-order valence-corrected chi connectivity index (χ4v) is 5.48. The minimum Gasteiger partial charge on any atom is -0.488 e. The summed E-state index contributed by atoms with van der Waals surface area (Å²) in [4.78, 5) is 0.208. The predicted octanol–water partition coefficient (Wildman–Crippen LogP) is 3.27. The monoisotopic (exact) mass is 443 g/mol. The van der Waals surface area contributed by atoms with Crippen molar-refractivity contribution in [1.82, 2.24) is 4.31 Å². The molecule has 0 aromatic heterocycles. The van der Waals surface area contributed by atoms with E-state index in [1.807, 2.05) is 59.7 Å². The highest BCUT2D eigenvalue weighted by molar-refractivity contribution is 7.89. The summed E-state index contributed by atoms with van der Waals surface area (Å²) in [5.74, 6) is 0.403. The van der Waals surface area contributed by atoms with Crippen molar-refractivity contribution in [2.75, 3.05) is 6.54 Å². The Morgan fingerprint density at radius 3 is 2.39 bits per heavy atom. The first kappa shape index (κ1) is 22.3. The highest BCUT2D eigenvalue weighted by atomic mass is 32.2. The van der Waals surface area contributed by atoms with Gasteiger partial charge >= 0.3 is 7.12 Å². The van der Waals surface area contributed by atoms with Gasteiger partial charge in [-0.25, -0.2) is 8.42 Å². The van der Waals surface area contributed by atoms with E-state index in [1.165, 1.54) is 4.31 Å². The highest BCUT2D eigenvalue weighted by Crippen LogP contribution is 2.37. The molecule has 2 aliphatic rings. The molecule has 31 heavy (non-hydrogen) atoms. The molecule has 2 heterocycles. The van der Waals surface area contributed by atoms with Gasteiger partial charge in [-0.1, -0.05) is 30.3 Å². The zero-order valence-electron chi connectivity index (χ0n) is 19.0.